The molecule has 28 heavy (non-hydrogen) atoms. The summed E-state index contributed by atoms with van der Waals surface area (Å²) in [6.45, 7) is 2.16. The number of hydrogen-bond donors (Lipinski definition) is 3. The predicted octanol–water partition coefficient (Wildman–Crippen LogP) is 1.20. The number of halogens is 4. The standard InChI is InChI=1S/C15H19ClF3N5O4/c1-2-3-4-23-8-10(16)21-13(20)22-11(8)24(14(23)27)12-6(25)5-7(28-12)9(26)15(17,18)19/h6-7,9,12,25-26H,2-5H2,1H3,(H2,20,21,22)/t6-,7+,9?,12-/m1/s1. The van der Waals surface area contributed by atoms with Crippen molar-refractivity contribution in [2.24, 2.45) is 0 Å². The lowest BCUT2D eigenvalue weighted by Crippen LogP contribution is -2.39. The van der Waals surface area contributed by atoms with Gasteiger partial charge in [0.25, 0.3) is 0 Å². The van der Waals surface area contributed by atoms with E-state index in [1.54, 1.807) is 0 Å². The zero-order chi connectivity index (χ0) is 20.8. The van der Waals surface area contributed by atoms with Crippen LogP contribution in [0, 0.1) is 0 Å². The van der Waals surface area contributed by atoms with Crippen LogP contribution in [-0.2, 0) is 11.3 Å². The van der Waals surface area contributed by atoms with E-state index in [9.17, 15) is 28.2 Å². The maximum atomic E-state index is 12.9. The molecule has 1 unspecified atom stereocenters. The second-order valence-corrected chi connectivity index (χ2v) is 6.92. The van der Waals surface area contributed by atoms with Crippen molar-refractivity contribution in [3.05, 3.63) is 15.6 Å². The molecule has 4 atom stereocenters. The molecule has 0 spiro atoms. The molecule has 2 aromatic rings. The molecule has 0 saturated carbocycles. The second-order valence-electron chi connectivity index (χ2n) is 6.56. The molecule has 0 radical (unpaired) electrons. The summed E-state index contributed by atoms with van der Waals surface area (Å²) >= 11 is 6.12. The first-order valence-corrected chi connectivity index (χ1v) is 8.96. The number of aromatic nitrogens is 4. The smallest absolute Gasteiger partial charge is 0.388 e. The van der Waals surface area contributed by atoms with Crippen LogP contribution < -0.4 is 11.4 Å². The zero-order valence-corrected chi connectivity index (χ0v) is 15.5. The third kappa shape index (κ3) is 3.56. The molecule has 4 N–H and O–H groups in total. The Kier molecular flexibility index (Phi) is 5.58. The van der Waals surface area contributed by atoms with Crippen molar-refractivity contribution in [2.75, 3.05) is 5.73 Å². The van der Waals surface area contributed by atoms with Crippen LogP contribution in [0.3, 0.4) is 0 Å². The maximum absolute atomic E-state index is 12.9. The highest BCUT2D eigenvalue weighted by Gasteiger charge is 2.50. The lowest BCUT2D eigenvalue weighted by molar-refractivity contribution is -0.237. The number of ether oxygens (including phenoxy) is 1. The number of anilines is 1. The number of nitrogens with two attached hydrogens (primary N) is 1. The Bertz CT molecular complexity index is 931. The molecule has 0 bridgehead atoms. The van der Waals surface area contributed by atoms with Crippen LogP contribution in [0.4, 0.5) is 19.1 Å². The summed E-state index contributed by atoms with van der Waals surface area (Å²) in [7, 11) is 0. The minimum absolute atomic E-state index is 0.0650. The fourth-order valence-corrected chi connectivity index (χ4v) is 3.50. The highest BCUT2D eigenvalue weighted by atomic mass is 35.5. The van der Waals surface area contributed by atoms with Crippen molar-refractivity contribution < 1.29 is 28.1 Å². The van der Waals surface area contributed by atoms with Gasteiger partial charge in [0.1, 0.15) is 11.6 Å². The molecule has 2 aromatic heterocycles. The van der Waals surface area contributed by atoms with Gasteiger partial charge in [0, 0.05) is 13.0 Å². The largest absolute Gasteiger partial charge is 0.416 e. The Balaban J connectivity index is 2.10. The topological polar surface area (TPSA) is 128 Å². The summed E-state index contributed by atoms with van der Waals surface area (Å²) in [5, 5.41) is 19.6. The van der Waals surface area contributed by atoms with Gasteiger partial charge in [-0.15, -0.1) is 0 Å². The fraction of sp³-hybridized carbons (Fsp3) is 0.667. The molecular weight excluding hydrogens is 407 g/mol. The van der Waals surface area contributed by atoms with Gasteiger partial charge in [-0.3, -0.25) is 4.57 Å². The van der Waals surface area contributed by atoms with Crippen LogP contribution in [0.5, 0.6) is 0 Å². The molecule has 13 heteroatoms. The number of imidazole rings is 1. The summed E-state index contributed by atoms with van der Waals surface area (Å²) in [4.78, 5) is 20.7. The van der Waals surface area contributed by atoms with E-state index in [0.717, 1.165) is 11.0 Å². The normalized spacial score (nSPS) is 24.2. The van der Waals surface area contributed by atoms with Gasteiger partial charge in [-0.05, 0) is 6.42 Å². The molecule has 3 heterocycles. The Morgan fingerprint density at radius 3 is 2.71 bits per heavy atom. The van der Waals surface area contributed by atoms with Crippen LogP contribution in [0.2, 0.25) is 5.15 Å². The predicted molar refractivity (Wildman–Crippen MR) is 92.7 cm³/mol. The van der Waals surface area contributed by atoms with E-state index >= 15 is 0 Å². The van der Waals surface area contributed by atoms with Gasteiger partial charge in [-0.2, -0.15) is 23.1 Å². The molecule has 1 aliphatic heterocycles. The van der Waals surface area contributed by atoms with Crippen molar-refractivity contribution in [1.29, 1.82) is 0 Å². The number of rotatable bonds is 5. The van der Waals surface area contributed by atoms with Crippen LogP contribution in [0.15, 0.2) is 4.79 Å². The quantitative estimate of drug-likeness (QED) is 0.614. The van der Waals surface area contributed by atoms with Crippen LogP contribution >= 0.6 is 11.6 Å². The number of alkyl halides is 3. The molecular formula is C15H19ClF3N5O4. The molecule has 1 fully saturated rings. The van der Waals surface area contributed by atoms with Gasteiger partial charge in [0.2, 0.25) is 5.95 Å². The highest BCUT2D eigenvalue weighted by Crippen LogP contribution is 2.36. The third-order valence-electron chi connectivity index (χ3n) is 4.57. The molecule has 0 amide bonds. The van der Waals surface area contributed by atoms with Gasteiger partial charge >= 0.3 is 11.9 Å². The molecule has 0 aliphatic carbocycles. The first kappa shape index (κ1) is 20.8. The number of unbranched alkanes of at least 4 members (excludes halogenated alkanes) is 1. The Morgan fingerprint density at radius 2 is 2.11 bits per heavy atom. The lowest BCUT2D eigenvalue weighted by atomic mass is 10.1. The van der Waals surface area contributed by atoms with Crippen LogP contribution in [0.25, 0.3) is 11.2 Å². The fourth-order valence-electron chi connectivity index (χ4n) is 3.23. The molecule has 0 aromatic carbocycles. The number of nitrogen functional groups attached to an aromatic ring is 1. The van der Waals surface area contributed by atoms with Crippen molar-refractivity contribution in [2.45, 2.75) is 63.4 Å². The Labute approximate surface area is 161 Å². The molecule has 1 saturated heterocycles. The summed E-state index contributed by atoms with van der Waals surface area (Å²) in [6.07, 6.45) is -11.6. The van der Waals surface area contributed by atoms with Crippen molar-refractivity contribution in [3.8, 4) is 0 Å². The average molecular weight is 426 g/mol. The number of nitrogens with zero attached hydrogens (tertiary/aromatic N) is 4. The Hall–Kier alpha value is -1.89. The SMILES string of the molecule is CCCCn1c(=O)n([C@@H]2O[C@H](C(O)C(F)(F)F)C[C@H]2O)c2nc(N)nc(Cl)c21. The van der Waals surface area contributed by atoms with Crippen molar-refractivity contribution >= 4 is 28.7 Å². The minimum Gasteiger partial charge on any atom is -0.388 e. The van der Waals surface area contributed by atoms with E-state index in [1.165, 1.54) is 4.57 Å². The van der Waals surface area contributed by atoms with Crippen molar-refractivity contribution in [1.82, 2.24) is 19.1 Å². The van der Waals surface area contributed by atoms with Gasteiger partial charge in [-0.25, -0.2) is 9.36 Å². The molecule has 156 valence electrons. The first-order valence-electron chi connectivity index (χ1n) is 8.58. The average Bonchev–Trinajstić information content (AvgIpc) is 3.08. The summed E-state index contributed by atoms with van der Waals surface area (Å²) in [5.74, 6) is -0.252. The number of fused-ring (bicyclic) bond motifs is 1. The third-order valence-corrected chi connectivity index (χ3v) is 4.83. The number of hydrogen-bond acceptors (Lipinski definition) is 7. The second kappa shape index (κ2) is 7.50. The first-order chi connectivity index (χ1) is 13.1. The van der Waals surface area contributed by atoms with E-state index < -0.39 is 42.8 Å². The van der Waals surface area contributed by atoms with E-state index in [4.69, 9.17) is 22.1 Å². The van der Waals surface area contributed by atoms with Crippen LogP contribution in [-0.4, -0.2) is 53.8 Å². The summed E-state index contributed by atoms with van der Waals surface area (Å²) in [6, 6.07) is 0. The molecule has 9 nitrogen and oxygen atoms in total. The minimum atomic E-state index is -4.94. The Morgan fingerprint density at radius 1 is 1.43 bits per heavy atom. The summed E-state index contributed by atoms with van der Waals surface area (Å²) in [5.41, 5.74) is 4.99. The monoisotopic (exact) mass is 425 g/mol. The molecule has 1 aliphatic rings. The van der Waals surface area contributed by atoms with E-state index in [2.05, 4.69) is 9.97 Å². The van der Waals surface area contributed by atoms with Gasteiger partial charge in [-0.1, -0.05) is 24.9 Å². The van der Waals surface area contributed by atoms with Crippen molar-refractivity contribution in [3.63, 3.8) is 0 Å². The van der Waals surface area contributed by atoms with E-state index in [-0.39, 0.29) is 28.8 Å². The summed E-state index contributed by atoms with van der Waals surface area (Å²) < 4.78 is 45.8. The van der Waals surface area contributed by atoms with Gasteiger partial charge in [0.05, 0.1) is 6.10 Å². The highest BCUT2D eigenvalue weighted by molar-refractivity contribution is 6.33. The lowest BCUT2D eigenvalue weighted by Gasteiger charge is -2.21. The number of aliphatic hydroxyl groups is 2. The zero-order valence-electron chi connectivity index (χ0n) is 14.7. The maximum Gasteiger partial charge on any atom is 0.416 e. The van der Waals surface area contributed by atoms with Crippen LogP contribution in [0.1, 0.15) is 32.4 Å². The van der Waals surface area contributed by atoms with Gasteiger partial charge in [0.15, 0.2) is 23.1 Å². The number of aliphatic hydroxyl groups excluding tert-OH is 2. The van der Waals surface area contributed by atoms with Gasteiger partial charge < -0.3 is 20.7 Å². The number of aryl methyl sites for hydroxylation is 1. The van der Waals surface area contributed by atoms with E-state index in [0.29, 0.717) is 6.42 Å². The molecule has 3 rings (SSSR count). The van der Waals surface area contributed by atoms with E-state index in [1.807, 2.05) is 6.92 Å².